The summed E-state index contributed by atoms with van der Waals surface area (Å²) in [6, 6.07) is 19.5. The molecule has 2 unspecified atom stereocenters. The van der Waals surface area contributed by atoms with Gasteiger partial charge in [-0.05, 0) is 43.0 Å². The van der Waals surface area contributed by atoms with Crippen LogP contribution >= 0.6 is 11.8 Å². The summed E-state index contributed by atoms with van der Waals surface area (Å²) in [7, 11) is 0. The summed E-state index contributed by atoms with van der Waals surface area (Å²) in [5.74, 6) is 0.191. The van der Waals surface area contributed by atoms with Crippen LogP contribution in [0, 0.1) is 0 Å². The first kappa shape index (κ1) is 17.6. The Labute approximate surface area is 160 Å². The molecule has 1 N–H and O–H groups in total. The predicted octanol–water partition coefficient (Wildman–Crippen LogP) is 3.87. The first-order valence-corrected chi connectivity index (χ1v) is 10.5. The highest BCUT2D eigenvalue weighted by Gasteiger charge is 2.29. The number of nitrogens with zero attached hydrogens (tertiary/aromatic N) is 1. The van der Waals surface area contributed by atoms with Crippen molar-refractivity contribution >= 4 is 17.7 Å². The lowest BCUT2D eigenvalue weighted by Crippen LogP contribution is -2.47. The SMILES string of the molecule is O=C(NCC1CCCCN1Cc1ccccc1)C1Cc2ccccc2S1. The third kappa shape index (κ3) is 4.13. The minimum absolute atomic E-state index is 0.0264. The quantitative estimate of drug-likeness (QED) is 0.872. The van der Waals surface area contributed by atoms with Gasteiger partial charge < -0.3 is 5.32 Å². The molecule has 2 atom stereocenters. The zero-order valence-electron chi connectivity index (χ0n) is 15.1. The molecule has 1 amide bonds. The van der Waals surface area contributed by atoms with E-state index in [1.165, 1.54) is 35.3 Å². The van der Waals surface area contributed by atoms with Gasteiger partial charge in [-0.25, -0.2) is 0 Å². The fraction of sp³-hybridized carbons (Fsp3) is 0.409. The summed E-state index contributed by atoms with van der Waals surface area (Å²) in [5.41, 5.74) is 2.66. The molecule has 0 aromatic heterocycles. The van der Waals surface area contributed by atoms with Crippen LogP contribution in [0.2, 0.25) is 0 Å². The first-order valence-electron chi connectivity index (χ1n) is 9.60. The highest BCUT2D eigenvalue weighted by atomic mass is 32.2. The molecule has 0 bridgehead atoms. The Morgan fingerprint density at radius 3 is 2.73 bits per heavy atom. The molecule has 0 saturated carbocycles. The van der Waals surface area contributed by atoms with Crippen LogP contribution in [0.5, 0.6) is 0 Å². The molecule has 3 nitrogen and oxygen atoms in total. The fourth-order valence-electron chi connectivity index (χ4n) is 3.98. The number of fused-ring (bicyclic) bond motifs is 1. The molecule has 0 spiro atoms. The Bertz CT molecular complexity index is 724. The Hall–Kier alpha value is -1.78. The Kier molecular flexibility index (Phi) is 5.61. The molecule has 1 fully saturated rings. The third-order valence-electron chi connectivity index (χ3n) is 5.43. The molecule has 1 saturated heterocycles. The molecule has 0 radical (unpaired) electrons. The summed E-state index contributed by atoms with van der Waals surface area (Å²) in [4.78, 5) is 16.5. The lowest BCUT2D eigenvalue weighted by Gasteiger charge is -2.36. The van der Waals surface area contributed by atoms with E-state index in [4.69, 9.17) is 0 Å². The lowest BCUT2D eigenvalue weighted by molar-refractivity contribution is -0.120. The van der Waals surface area contributed by atoms with Gasteiger partial charge in [0.15, 0.2) is 0 Å². The van der Waals surface area contributed by atoms with Crippen LogP contribution in [0.15, 0.2) is 59.5 Å². The number of nitrogens with one attached hydrogen (secondary N) is 1. The molecule has 2 aliphatic rings. The predicted molar refractivity (Wildman–Crippen MR) is 107 cm³/mol. The van der Waals surface area contributed by atoms with Crippen molar-refractivity contribution in [2.45, 2.75) is 48.4 Å². The van der Waals surface area contributed by atoms with E-state index < -0.39 is 0 Å². The standard InChI is InChI=1S/C22H26N2OS/c25-22(21-14-18-10-4-5-12-20(18)26-21)23-15-19-11-6-7-13-24(19)16-17-8-2-1-3-9-17/h1-5,8-10,12,19,21H,6-7,11,13-16H2,(H,23,25). The number of piperidine rings is 1. The summed E-state index contributed by atoms with van der Waals surface area (Å²) in [6.07, 6.45) is 4.54. The molecule has 2 heterocycles. The van der Waals surface area contributed by atoms with Gasteiger partial charge in [0.2, 0.25) is 5.91 Å². The average molecular weight is 367 g/mol. The average Bonchev–Trinajstić information content (AvgIpc) is 3.12. The maximum atomic E-state index is 12.7. The summed E-state index contributed by atoms with van der Waals surface area (Å²) >= 11 is 1.71. The van der Waals surface area contributed by atoms with Crippen molar-refractivity contribution in [3.05, 3.63) is 65.7 Å². The maximum Gasteiger partial charge on any atom is 0.233 e. The molecule has 26 heavy (non-hydrogen) atoms. The van der Waals surface area contributed by atoms with Crippen molar-refractivity contribution in [2.24, 2.45) is 0 Å². The van der Waals surface area contributed by atoms with Crippen LogP contribution in [-0.2, 0) is 17.8 Å². The number of rotatable bonds is 5. The van der Waals surface area contributed by atoms with E-state index in [0.29, 0.717) is 6.04 Å². The van der Waals surface area contributed by atoms with Gasteiger partial charge in [-0.2, -0.15) is 0 Å². The lowest BCUT2D eigenvalue weighted by atomic mass is 10.0. The molecule has 4 heteroatoms. The van der Waals surface area contributed by atoms with Crippen LogP contribution in [-0.4, -0.2) is 35.2 Å². The van der Waals surface area contributed by atoms with Crippen molar-refractivity contribution < 1.29 is 4.79 Å². The molecular formula is C22H26N2OS. The molecule has 0 aliphatic carbocycles. The smallest absolute Gasteiger partial charge is 0.233 e. The topological polar surface area (TPSA) is 32.3 Å². The number of likely N-dealkylation sites (tertiary alicyclic amines) is 1. The number of amides is 1. The van der Waals surface area contributed by atoms with Gasteiger partial charge in [-0.3, -0.25) is 9.69 Å². The van der Waals surface area contributed by atoms with E-state index in [1.54, 1.807) is 11.8 Å². The summed E-state index contributed by atoms with van der Waals surface area (Å²) in [5, 5.41) is 3.27. The normalized spacial score (nSPS) is 22.8. The number of carbonyl (C=O) groups excluding carboxylic acids is 1. The maximum absolute atomic E-state index is 12.7. The number of thioether (sulfide) groups is 1. The van der Waals surface area contributed by atoms with Crippen molar-refractivity contribution in [1.29, 1.82) is 0 Å². The summed E-state index contributed by atoms with van der Waals surface area (Å²) < 4.78 is 0. The van der Waals surface area contributed by atoms with Gasteiger partial charge in [-0.1, -0.05) is 55.0 Å². The van der Waals surface area contributed by atoms with E-state index in [-0.39, 0.29) is 11.2 Å². The molecular weight excluding hydrogens is 340 g/mol. The van der Waals surface area contributed by atoms with Crippen molar-refractivity contribution in [3.8, 4) is 0 Å². The van der Waals surface area contributed by atoms with Crippen LogP contribution < -0.4 is 5.32 Å². The Balaban J connectivity index is 1.32. The second-order valence-corrected chi connectivity index (χ2v) is 8.51. The van der Waals surface area contributed by atoms with Crippen molar-refractivity contribution in [2.75, 3.05) is 13.1 Å². The van der Waals surface area contributed by atoms with E-state index in [9.17, 15) is 4.79 Å². The third-order valence-corrected chi connectivity index (χ3v) is 6.75. The number of hydrogen-bond acceptors (Lipinski definition) is 3. The van der Waals surface area contributed by atoms with E-state index in [2.05, 4.69) is 64.8 Å². The van der Waals surface area contributed by atoms with Gasteiger partial charge in [0.1, 0.15) is 0 Å². The second kappa shape index (κ2) is 8.28. The zero-order valence-corrected chi connectivity index (χ0v) is 15.9. The molecule has 2 aromatic carbocycles. The largest absolute Gasteiger partial charge is 0.354 e. The van der Waals surface area contributed by atoms with Crippen molar-refractivity contribution in [1.82, 2.24) is 10.2 Å². The monoisotopic (exact) mass is 366 g/mol. The molecule has 4 rings (SSSR count). The summed E-state index contributed by atoms with van der Waals surface area (Å²) in [6.45, 7) is 2.86. The van der Waals surface area contributed by atoms with Gasteiger partial charge in [0, 0.05) is 24.0 Å². The highest BCUT2D eigenvalue weighted by Crippen LogP contribution is 2.36. The van der Waals surface area contributed by atoms with Crippen LogP contribution in [0.4, 0.5) is 0 Å². The number of benzene rings is 2. The van der Waals surface area contributed by atoms with Gasteiger partial charge in [-0.15, -0.1) is 11.8 Å². The van der Waals surface area contributed by atoms with Crippen LogP contribution in [0.25, 0.3) is 0 Å². The van der Waals surface area contributed by atoms with E-state index in [1.807, 2.05) is 0 Å². The van der Waals surface area contributed by atoms with Crippen LogP contribution in [0.1, 0.15) is 30.4 Å². The highest BCUT2D eigenvalue weighted by molar-refractivity contribution is 8.01. The number of hydrogen-bond donors (Lipinski definition) is 1. The first-order chi connectivity index (χ1) is 12.8. The van der Waals surface area contributed by atoms with E-state index >= 15 is 0 Å². The molecule has 2 aliphatic heterocycles. The zero-order chi connectivity index (χ0) is 17.8. The fourth-order valence-corrected chi connectivity index (χ4v) is 5.20. The van der Waals surface area contributed by atoms with Gasteiger partial charge in [0.25, 0.3) is 0 Å². The van der Waals surface area contributed by atoms with Gasteiger partial charge >= 0.3 is 0 Å². The van der Waals surface area contributed by atoms with Gasteiger partial charge in [0.05, 0.1) is 5.25 Å². The second-order valence-electron chi connectivity index (χ2n) is 7.27. The number of carbonyl (C=O) groups is 1. The minimum atomic E-state index is 0.0264. The molecule has 2 aromatic rings. The minimum Gasteiger partial charge on any atom is -0.354 e. The molecule has 136 valence electrons. The van der Waals surface area contributed by atoms with Crippen molar-refractivity contribution in [3.63, 3.8) is 0 Å². The van der Waals surface area contributed by atoms with E-state index in [0.717, 1.165) is 26.1 Å². The Morgan fingerprint density at radius 1 is 1.08 bits per heavy atom. The van der Waals surface area contributed by atoms with Crippen LogP contribution in [0.3, 0.4) is 0 Å². The Morgan fingerprint density at radius 2 is 1.88 bits per heavy atom.